The topological polar surface area (TPSA) is 42.2 Å². The normalized spacial score (nSPS) is 10.4. The Labute approximate surface area is 142 Å². The molecule has 0 amide bonds. The number of nitriles is 1. The van der Waals surface area contributed by atoms with Gasteiger partial charge in [-0.2, -0.15) is 5.26 Å². The minimum atomic E-state index is 0.362. The fourth-order valence-electron chi connectivity index (χ4n) is 2.41. The molecule has 0 N–H and O–H groups in total. The molecule has 23 heavy (non-hydrogen) atoms. The average molecular weight is 330 g/mol. The van der Waals surface area contributed by atoms with E-state index in [4.69, 9.17) is 26.3 Å². The minimum Gasteiger partial charge on any atom is -0.490 e. The Morgan fingerprint density at radius 1 is 1.09 bits per heavy atom. The van der Waals surface area contributed by atoms with Crippen molar-refractivity contribution < 1.29 is 9.47 Å². The number of hydrogen-bond donors (Lipinski definition) is 0. The second-order valence-corrected chi connectivity index (χ2v) is 6.06. The van der Waals surface area contributed by atoms with Crippen LogP contribution >= 0.6 is 11.6 Å². The Hall–Kier alpha value is -2.18. The molecule has 2 aromatic rings. The second-order valence-electron chi connectivity index (χ2n) is 5.62. The zero-order valence-electron chi connectivity index (χ0n) is 13.6. The van der Waals surface area contributed by atoms with Crippen LogP contribution in [0.1, 0.15) is 36.5 Å². The number of rotatable bonds is 6. The van der Waals surface area contributed by atoms with Gasteiger partial charge in [-0.3, -0.25) is 0 Å². The highest BCUT2D eigenvalue weighted by atomic mass is 35.5. The van der Waals surface area contributed by atoms with Crippen LogP contribution in [0.5, 0.6) is 11.5 Å². The molecule has 0 radical (unpaired) electrons. The zero-order chi connectivity index (χ0) is 16.8. The molecule has 4 heteroatoms. The third-order valence-corrected chi connectivity index (χ3v) is 3.77. The summed E-state index contributed by atoms with van der Waals surface area (Å²) in [5.74, 6) is 1.85. The SMILES string of the molecule is Cc1cc(OCCOc2ccc(Cl)cc2C#N)ccc1C(C)C. The van der Waals surface area contributed by atoms with E-state index in [1.807, 2.05) is 12.1 Å². The summed E-state index contributed by atoms with van der Waals surface area (Å²) < 4.78 is 11.3. The summed E-state index contributed by atoms with van der Waals surface area (Å²) in [5.41, 5.74) is 2.98. The number of aryl methyl sites for hydroxylation is 1. The fraction of sp³-hybridized carbons (Fsp3) is 0.316. The number of ether oxygens (including phenoxy) is 2. The lowest BCUT2D eigenvalue weighted by Crippen LogP contribution is -2.10. The molecule has 0 saturated heterocycles. The van der Waals surface area contributed by atoms with Crippen LogP contribution < -0.4 is 9.47 Å². The van der Waals surface area contributed by atoms with Crippen molar-refractivity contribution in [2.24, 2.45) is 0 Å². The van der Waals surface area contributed by atoms with E-state index in [-0.39, 0.29) is 0 Å². The summed E-state index contributed by atoms with van der Waals surface area (Å²) >= 11 is 5.86. The van der Waals surface area contributed by atoms with Gasteiger partial charge in [0.15, 0.2) is 0 Å². The summed E-state index contributed by atoms with van der Waals surface area (Å²) in [6.45, 7) is 7.21. The van der Waals surface area contributed by atoms with E-state index in [0.29, 0.717) is 35.5 Å². The molecule has 0 unspecified atom stereocenters. The maximum Gasteiger partial charge on any atom is 0.137 e. The molecule has 0 saturated carbocycles. The van der Waals surface area contributed by atoms with Gasteiger partial charge >= 0.3 is 0 Å². The lowest BCUT2D eigenvalue weighted by atomic mass is 9.98. The number of halogens is 1. The predicted molar refractivity (Wildman–Crippen MR) is 92.4 cm³/mol. The number of hydrogen-bond acceptors (Lipinski definition) is 3. The van der Waals surface area contributed by atoms with Crippen molar-refractivity contribution in [3.05, 3.63) is 58.1 Å². The van der Waals surface area contributed by atoms with Crippen LogP contribution in [0.25, 0.3) is 0 Å². The van der Waals surface area contributed by atoms with Crippen molar-refractivity contribution in [1.29, 1.82) is 5.26 Å². The van der Waals surface area contributed by atoms with Gasteiger partial charge in [-0.05, 0) is 54.3 Å². The van der Waals surface area contributed by atoms with E-state index in [0.717, 1.165) is 5.75 Å². The van der Waals surface area contributed by atoms with E-state index >= 15 is 0 Å². The maximum atomic E-state index is 9.06. The lowest BCUT2D eigenvalue weighted by Gasteiger charge is -2.13. The molecular weight excluding hydrogens is 310 g/mol. The predicted octanol–water partition coefficient (Wildman–Crippen LogP) is 5.10. The Morgan fingerprint density at radius 2 is 1.83 bits per heavy atom. The average Bonchev–Trinajstić information content (AvgIpc) is 2.52. The molecule has 2 rings (SSSR count). The molecular formula is C19H20ClNO2. The first kappa shape index (κ1) is 17.2. The molecule has 0 aromatic heterocycles. The first-order valence-corrected chi connectivity index (χ1v) is 7.95. The third-order valence-electron chi connectivity index (χ3n) is 3.53. The summed E-state index contributed by atoms with van der Waals surface area (Å²) in [5, 5.41) is 9.58. The van der Waals surface area contributed by atoms with Crippen LogP contribution in [0.2, 0.25) is 5.02 Å². The molecule has 0 atom stereocenters. The maximum absolute atomic E-state index is 9.06. The van der Waals surface area contributed by atoms with Crippen molar-refractivity contribution >= 4 is 11.6 Å². The largest absolute Gasteiger partial charge is 0.490 e. The fourth-order valence-corrected chi connectivity index (χ4v) is 2.58. The molecule has 0 bridgehead atoms. The highest BCUT2D eigenvalue weighted by Crippen LogP contribution is 2.24. The van der Waals surface area contributed by atoms with Gasteiger partial charge in [-0.1, -0.05) is 31.5 Å². The van der Waals surface area contributed by atoms with E-state index in [1.54, 1.807) is 18.2 Å². The van der Waals surface area contributed by atoms with Crippen LogP contribution in [0.3, 0.4) is 0 Å². The van der Waals surface area contributed by atoms with Crippen molar-refractivity contribution in [3.63, 3.8) is 0 Å². The smallest absolute Gasteiger partial charge is 0.137 e. The lowest BCUT2D eigenvalue weighted by molar-refractivity contribution is 0.216. The van der Waals surface area contributed by atoms with Crippen molar-refractivity contribution in [2.75, 3.05) is 13.2 Å². The van der Waals surface area contributed by atoms with Gasteiger partial charge in [0.25, 0.3) is 0 Å². The quantitative estimate of drug-likeness (QED) is 0.692. The Morgan fingerprint density at radius 3 is 2.48 bits per heavy atom. The molecule has 0 aliphatic carbocycles. The molecule has 0 heterocycles. The van der Waals surface area contributed by atoms with Gasteiger partial charge in [-0.25, -0.2) is 0 Å². The molecule has 2 aromatic carbocycles. The van der Waals surface area contributed by atoms with Crippen LogP contribution in [-0.4, -0.2) is 13.2 Å². The van der Waals surface area contributed by atoms with Gasteiger partial charge in [0, 0.05) is 5.02 Å². The summed E-state index contributed by atoms with van der Waals surface area (Å²) in [4.78, 5) is 0. The Kier molecular flexibility index (Phi) is 5.90. The zero-order valence-corrected chi connectivity index (χ0v) is 14.4. The number of benzene rings is 2. The first-order valence-electron chi connectivity index (χ1n) is 7.57. The molecule has 3 nitrogen and oxygen atoms in total. The molecule has 0 fully saturated rings. The van der Waals surface area contributed by atoms with Crippen LogP contribution in [0.4, 0.5) is 0 Å². The molecule has 0 aliphatic heterocycles. The van der Waals surface area contributed by atoms with E-state index in [2.05, 4.69) is 32.9 Å². The van der Waals surface area contributed by atoms with E-state index in [1.165, 1.54) is 11.1 Å². The van der Waals surface area contributed by atoms with Crippen molar-refractivity contribution in [1.82, 2.24) is 0 Å². The Balaban J connectivity index is 1.89. The minimum absolute atomic E-state index is 0.362. The van der Waals surface area contributed by atoms with Gasteiger partial charge in [0.2, 0.25) is 0 Å². The van der Waals surface area contributed by atoms with Gasteiger partial charge in [0.1, 0.15) is 30.8 Å². The highest BCUT2D eigenvalue weighted by Gasteiger charge is 2.06. The Bertz CT molecular complexity index is 720. The van der Waals surface area contributed by atoms with E-state index in [9.17, 15) is 0 Å². The van der Waals surface area contributed by atoms with Crippen LogP contribution in [0, 0.1) is 18.3 Å². The third kappa shape index (κ3) is 4.64. The molecule has 0 spiro atoms. The van der Waals surface area contributed by atoms with Crippen molar-refractivity contribution in [2.45, 2.75) is 26.7 Å². The first-order chi connectivity index (χ1) is 11.0. The summed E-state index contributed by atoms with van der Waals surface area (Å²) in [6.07, 6.45) is 0. The van der Waals surface area contributed by atoms with Crippen LogP contribution in [-0.2, 0) is 0 Å². The van der Waals surface area contributed by atoms with E-state index < -0.39 is 0 Å². The molecule has 0 aliphatic rings. The molecule has 120 valence electrons. The standard InChI is InChI=1S/C19H20ClNO2/c1-13(2)18-6-5-17(10-14(18)3)22-8-9-23-19-7-4-16(20)11-15(19)12-21/h4-7,10-11,13H,8-9H2,1-3H3. The summed E-state index contributed by atoms with van der Waals surface area (Å²) in [6, 6.07) is 13.2. The second kappa shape index (κ2) is 7.89. The van der Waals surface area contributed by atoms with Crippen molar-refractivity contribution in [3.8, 4) is 17.6 Å². The summed E-state index contributed by atoms with van der Waals surface area (Å²) in [7, 11) is 0. The monoisotopic (exact) mass is 329 g/mol. The van der Waals surface area contributed by atoms with Crippen LogP contribution in [0.15, 0.2) is 36.4 Å². The highest BCUT2D eigenvalue weighted by molar-refractivity contribution is 6.30. The van der Waals surface area contributed by atoms with Gasteiger partial charge in [-0.15, -0.1) is 0 Å². The number of nitrogens with zero attached hydrogens (tertiary/aromatic N) is 1. The van der Waals surface area contributed by atoms with Gasteiger partial charge in [0.05, 0.1) is 5.56 Å². The van der Waals surface area contributed by atoms with Gasteiger partial charge < -0.3 is 9.47 Å².